The zero-order valence-corrected chi connectivity index (χ0v) is 38.0. The summed E-state index contributed by atoms with van der Waals surface area (Å²) in [7, 11) is -5.58. The van der Waals surface area contributed by atoms with E-state index in [4.69, 9.17) is 26.6 Å². The van der Waals surface area contributed by atoms with Crippen LogP contribution in [0.4, 0.5) is 0 Å². The maximum Gasteiger partial charge on any atom is 0.501 e. The third-order valence-electron chi connectivity index (χ3n) is 7.82. The molecule has 0 rings (SSSR count). The van der Waals surface area contributed by atoms with Crippen LogP contribution in [-0.4, -0.2) is 75.1 Å². The van der Waals surface area contributed by atoms with Gasteiger partial charge in [-0.2, -0.15) is 22.4 Å². The van der Waals surface area contributed by atoms with Gasteiger partial charge in [-0.3, -0.25) is 0 Å². The second-order valence-electron chi connectivity index (χ2n) is 14.8. The van der Waals surface area contributed by atoms with Crippen LogP contribution in [0.5, 0.6) is 0 Å². The van der Waals surface area contributed by atoms with E-state index in [1.165, 1.54) is 37.8 Å². The fourth-order valence-corrected chi connectivity index (χ4v) is 26.2. The first-order chi connectivity index (χ1) is 22.3. The molecule has 47 heavy (non-hydrogen) atoms. The molecule has 0 saturated carbocycles. The Morgan fingerprint density at radius 3 is 0.872 bits per heavy atom. The van der Waals surface area contributed by atoms with Gasteiger partial charge >= 0.3 is 17.6 Å². The molecule has 0 N–H and O–H groups in total. The molecule has 0 aliphatic heterocycles. The van der Waals surface area contributed by atoms with Crippen LogP contribution in [0.3, 0.4) is 0 Å². The van der Waals surface area contributed by atoms with Gasteiger partial charge in [0.1, 0.15) is 0 Å². The molecule has 0 aliphatic carbocycles. The van der Waals surface area contributed by atoms with Gasteiger partial charge in [0, 0.05) is 51.7 Å². The van der Waals surface area contributed by atoms with Gasteiger partial charge in [-0.1, -0.05) is 109 Å². The van der Waals surface area contributed by atoms with Gasteiger partial charge in [0.15, 0.2) is 6.37 Å². The van der Waals surface area contributed by atoms with Crippen molar-refractivity contribution in [2.75, 3.05) is 51.1 Å². The zero-order chi connectivity index (χ0) is 35.7. The number of hydrogen-bond donors (Lipinski definition) is 0. The molecule has 0 radical (unpaired) electrons. The van der Waals surface area contributed by atoms with Crippen molar-refractivity contribution in [1.29, 1.82) is 0 Å². The second kappa shape index (κ2) is 26.8. The molecule has 0 aromatic heterocycles. The summed E-state index contributed by atoms with van der Waals surface area (Å²) in [5, 5.41) is 0. The smallest absolute Gasteiger partial charge is 0.373 e. The molecule has 284 valence electrons. The predicted octanol–water partition coefficient (Wildman–Crippen LogP) is 12.0. The van der Waals surface area contributed by atoms with Crippen molar-refractivity contribution >= 4 is 46.4 Å². The van der Waals surface area contributed by atoms with E-state index < -0.39 is 24.0 Å². The van der Waals surface area contributed by atoms with Crippen molar-refractivity contribution in [1.82, 2.24) is 0 Å². The predicted molar refractivity (Wildman–Crippen MR) is 216 cm³/mol. The van der Waals surface area contributed by atoms with Crippen LogP contribution in [0.1, 0.15) is 147 Å². The normalized spacial score (nSPS) is 13.5. The highest BCUT2D eigenvalue weighted by molar-refractivity contribution is 8.58. The topological polar surface area (TPSA) is 55.4 Å². The molecular formula is C36H80O6S2Si3. The monoisotopic (exact) mass is 756 g/mol. The number of unbranched alkanes of at least 4 members (excludes halogenated alkanes) is 2. The first-order valence-corrected chi connectivity index (χ1v) is 29.1. The van der Waals surface area contributed by atoms with E-state index in [0.29, 0.717) is 39.6 Å². The molecule has 6 nitrogen and oxygen atoms in total. The van der Waals surface area contributed by atoms with Crippen molar-refractivity contribution in [3.05, 3.63) is 0 Å². The summed E-state index contributed by atoms with van der Waals surface area (Å²) in [6, 6.07) is 4.49. The van der Waals surface area contributed by atoms with Crippen LogP contribution >= 0.6 is 22.4 Å². The molecule has 0 aromatic rings. The largest absolute Gasteiger partial charge is 0.501 e. The lowest BCUT2D eigenvalue weighted by Crippen LogP contribution is -2.50. The van der Waals surface area contributed by atoms with E-state index >= 15 is 0 Å². The Hall–Kier alpha value is 1.11. The highest BCUT2D eigenvalue weighted by atomic mass is 32.6. The van der Waals surface area contributed by atoms with Crippen molar-refractivity contribution in [2.24, 2.45) is 10.8 Å². The summed E-state index contributed by atoms with van der Waals surface area (Å²) in [4.78, 5) is 0. The summed E-state index contributed by atoms with van der Waals surface area (Å²) in [5.41, 5.74) is 0.105. The second-order valence-corrected chi connectivity index (χ2v) is 31.2. The quantitative estimate of drug-likeness (QED) is 0.0602. The molecule has 0 spiro atoms. The first kappa shape index (κ1) is 48.1. The van der Waals surface area contributed by atoms with E-state index in [-0.39, 0.29) is 10.8 Å². The molecule has 0 amide bonds. The van der Waals surface area contributed by atoms with Crippen molar-refractivity contribution in [2.45, 2.75) is 171 Å². The molecule has 0 aliphatic rings. The first-order valence-electron chi connectivity index (χ1n) is 19.4. The SMILES string of the molecule is CCCC[Si](CCCC)(SCC(C)(C)C[Si](OCCC)(OCCC)OCCC)SCC(C)(C)C[Si](OCCC)(OCCC)OCCC. The average molecular weight is 757 g/mol. The Kier molecular flexibility index (Phi) is 27.5. The van der Waals surface area contributed by atoms with E-state index in [2.05, 4.69) is 106 Å². The van der Waals surface area contributed by atoms with Gasteiger partial charge in [0.25, 0.3) is 0 Å². The van der Waals surface area contributed by atoms with Gasteiger partial charge < -0.3 is 26.6 Å². The minimum Gasteiger partial charge on any atom is -0.373 e. The van der Waals surface area contributed by atoms with Crippen LogP contribution < -0.4 is 0 Å². The van der Waals surface area contributed by atoms with Crippen LogP contribution in [0, 0.1) is 10.8 Å². The Balaban J connectivity index is 6.24. The summed E-state index contributed by atoms with van der Waals surface area (Å²) in [6.07, 6.45) is 9.25. The van der Waals surface area contributed by atoms with Crippen molar-refractivity contribution in [3.63, 3.8) is 0 Å². The molecule has 0 atom stereocenters. The molecule has 0 unspecified atom stereocenters. The molecule has 0 fully saturated rings. The molecule has 11 heteroatoms. The lowest BCUT2D eigenvalue weighted by atomic mass is 10.00. The highest BCUT2D eigenvalue weighted by Gasteiger charge is 2.49. The van der Waals surface area contributed by atoms with Crippen LogP contribution in [0.2, 0.25) is 24.2 Å². The lowest BCUT2D eigenvalue weighted by molar-refractivity contribution is 0.0511. The Morgan fingerprint density at radius 1 is 0.404 bits per heavy atom. The molecule has 0 heterocycles. The third kappa shape index (κ3) is 21.3. The minimum absolute atomic E-state index is 0.0525. The van der Waals surface area contributed by atoms with Gasteiger partial charge in [0.2, 0.25) is 0 Å². The summed E-state index contributed by atoms with van der Waals surface area (Å²) in [5.74, 6) is 2.24. The molecule has 0 bridgehead atoms. The third-order valence-corrected chi connectivity index (χ3v) is 28.2. The van der Waals surface area contributed by atoms with Crippen LogP contribution in [0.15, 0.2) is 0 Å². The van der Waals surface area contributed by atoms with Gasteiger partial charge in [0.05, 0.1) is 0 Å². The fourth-order valence-electron chi connectivity index (χ4n) is 5.38. The molecule has 0 aromatic carbocycles. The van der Waals surface area contributed by atoms with E-state index in [0.717, 1.165) is 62.1 Å². The molecular weight excluding hydrogens is 677 g/mol. The zero-order valence-electron chi connectivity index (χ0n) is 33.3. The van der Waals surface area contributed by atoms with Gasteiger partial charge in [-0.15, -0.1) is 0 Å². The maximum absolute atomic E-state index is 6.56. The number of hydrogen-bond acceptors (Lipinski definition) is 8. The average Bonchev–Trinajstić information content (AvgIpc) is 3.05. The maximum atomic E-state index is 6.56. The van der Waals surface area contributed by atoms with Gasteiger partial charge in [-0.25, -0.2) is 0 Å². The Labute approximate surface area is 305 Å². The summed E-state index contributed by atoms with van der Waals surface area (Å²) in [6.45, 7) is 31.7. The van der Waals surface area contributed by atoms with Crippen LogP contribution in [0.25, 0.3) is 0 Å². The van der Waals surface area contributed by atoms with Crippen molar-refractivity contribution in [3.8, 4) is 0 Å². The standard InChI is InChI=1S/C36H80O6S2Si3/c1-13-21-29-45(30-22-14-2,43-31-35(9,10)33-46(37-23-15-3,38-24-16-4)39-25-17-5)44-32-36(11,12)34-47(40-26-18-6,41-27-19-7)42-28-20-8/h13-34H2,1-12H3. The van der Waals surface area contributed by atoms with Gasteiger partial charge in [-0.05, 0) is 72.9 Å². The highest BCUT2D eigenvalue weighted by Crippen LogP contribution is 2.49. The summed E-state index contributed by atoms with van der Waals surface area (Å²) < 4.78 is 39.4. The van der Waals surface area contributed by atoms with E-state index in [1.54, 1.807) is 0 Å². The Morgan fingerprint density at radius 2 is 0.660 bits per heavy atom. The Bertz CT molecular complexity index is 644. The number of rotatable bonds is 34. The van der Waals surface area contributed by atoms with E-state index in [1.807, 2.05) is 0 Å². The summed E-state index contributed by atoms with van der Waals surface area (Å²) >= 11 is 4.69. The van der Waals surface area contributed by atoms with E-state index in [9.17, 15) is 0 Å². The minimum atomic E-state index is -2.79. The lowest BCUT2D eigenvalue weighted by Gasteiger charge is -2.40. The fraction of sp³-hybridized carbons (Fsp3) is 1.00. The molecule has 0 saturated heterocycles. The van der Waals surface area contributed by atoms with Crippen LogP contribution in [-0.2, 0) is 26.6 Å². The van der Waals surface area contributed by atoms with Crippen molar-refractivity contribution < 1.29 is 26.6 Å².